The van der Waals surface area contributed by atoms with Crippen molar-refractivity contribution >= 4 is 0 Å². The highest BCUT2D eigenvalue weighted by Gasteiger charge is 2.16. The maximum absolute atomic E-state index is 5.75. The first-order valence-corrected chi connectivity index (χ1v) is 5.53. The molecule has 0 bridgehead atoms. The van der Waals surface area contributed by atoms with Crippen LogP contribution in [0.5, 0.6) is 0 Å². The molecule has 1 heterocycles. The van der Waals surface area contributed by atoms with Crippen LogP contribution >= 0.6 is 0 Å². The zero-order valence-electron chi connectivity index (χ0n) is 9.00. The minimum atomic E-state index is 0.0320. The van der Waals surface area contributed by atoms with E-state index in [2.05, 4.69) is 12.8 Å². The summed E-state index contributed by atoms with van der Waals surface area (Å²) in [7, 11) is 0. The van der Waals surface area contributed by atoms with Gasteiger partial charge in [-0.15, -0.1) is 12.3 Å². The van der Waals surface area contributed by atoms with E-state index < -0.39 is 0 Å². The Labute approximate surface area is 87.0 Å². The lowest BCUT2D eigenvalue weighted by Crippen LogP contribution is -2.26. The molecule has 0 aliphatic carbocycles. The van der Waals surface area contributed by atoms with Crippen LogP contribution in [0.25, 0.3) is 0 Å². The summed E-state index contributed by atoms with van der Waals surface area (Å²) in [5, 5.41) is 0. The third kappa shape index (κ3) is 4.64. The molecule has 2 nitrogen and oxygen atoms in total. The number of hydrogen-bond acceptors (Lipinski definition) is 2. The Balaban J connectivity index is 2.06. The average molecular weight is 196 g/mol. The highest BCUT2D eigenvalue weighted by Crippen LogP contribution is 2.17. The highest BCUT2D eigenvalue weighted by molar-refractivity contribution is 4.83. The van der Waals surface area contributed by atoms with Crippen LogP contribution < -0.4 is 0 Å². The molecule has 2 unspecified atom stereocenters. The molecule has 0 saturated carbocycles. The summed E-state index contributed by atoms with van der Waals surface area (Å²) in [6, 6.07) is 0. The molecule has 1 aliphatic rings. The van der Waals surface area contributed by atoms with E-state index in [1.807, 2.05) is 0 Å². The van der Waals surface area contributed by atoms with E-state index in [0.717, 1.165) is 32.3 Å². The maximum atomic E-state index is 5.75. The summed E-state index contributed by atoms with van der Waals surface area (Å²) in [5.41, 5.74) is 0. The molecule has 2 atom stereocenters. The van der Waals surface area contributed by atoms with Gasteiger partial charge in [-0.3, -0.25) is 0 Å². The van der Waals surface area contributed by atoms with Crippen molar-refractivity contribution in [2.24, 2.45) is 0 Å². The van der Waals surface area contributed by atoms with Gasteiger partial charge in [-0.1, -0.05) is 0 Å². The largest absolute Gasteiger partial charge is 0.353 e. The lowest BCUT2D eigenvalue weighted by atomic mass is 10.1. The van der Waals surface area contributed by atoms with Gasteiger partial charge in [0.05, 0.1) is 6.10 Å². The number of rotatable bonds is 5. The molecular formula is C12H20O2. The molecule has 0 aromatic carbocycles. The van der Waals surface area contributed by atoms with Crippen molar-refractivity contribution in [3.05, 3.63) is 0 Å². The van der Waals surface area contributed by atoms with Crippen molar-refractivity contribution in [2.45, 2.75) is 57.8 Å². The van der Waals surface area contributed by atoms with Crippen molar-refractivity contribution < 1.29 is 9.47 Å². The Morgan fingerprint density at radius 3 is 3.07 bits per heavy atom. The Morgan fingerprint density at radius 2 is 2.43 bits per heavy atom. The van der Waals surface area contributed by atoms with E-state index in [0.29, 0.717) is 0 Å². The van der Waals surface area contributed by atoms with Gasteiger partial charge in [-0.05, 0) is 39.0 Å². The van der Waals surface area contributed by atoms with Gasteiger partial charge in [0.2, 0.25) is 0 Å². The molecule has 1 rings (SSSR count). The van der Waals surface area contributed by atoms with E-state index in [1.165, 1.54) is 12.8 Å². The Morgan fingerprint density at radius 1 is 1.57 bits per heavy atom. The standard InChI is InChI=1S/C12H20O2/c1-3-4-5-8-11(2)14-12-9-6-7-10-13-12/h1,11-12H,4-10H2,2H3. The molecule has 1 fully saturated rings. The fourth-order valence-corrected chi connectivity index (χ4v) is 1.64. The second-order valence-corrected chi connectivity index (χ2v) is 3.84. The summed E-state index contributed by atoms with van der Waals surface area (Å²) in [6.45, 7) is 2.94. The van der Waals surface area contributed by atoms with Crippen LogP contribution in [0, 0.1) is 12.3 Å². The van der Waals surface area contributed by atoms with Crippen LogP contribution in [0.15, 0.2) is 0 Å². The minimum Gasteiger partial charge on any atom is -0.353 e. The molecule has 14 heavy (non-hydrogen) atoms. The second-order valence-electron chi connectivity index (χ2n) is 3.84. The molecule has 0 radical (unpaired) electrons. The van der Waals surface area contributed by atoms with Crippen molar-refractivity contribution in [1.29, 1.82) is 0 Å². The molecule has 0 amide bonds. The van der Waals surface area contributed by atoms with Gasteiger partial charge in [-0.25, -0.2) is 0 Å². The quantitative estimate of drug-likeness (QED) is 0.497. The normalized spacial score (nSPS) is 24.1. The summed E-state index contributed by atoms with van der Waals surface area (Å²) >= 11 is 0. The predicted molar refractivity (Wildman–Crippen MR) is 56.8 cm³/mol. The summed E-state index contributed by atoms with van der Waals surface area (Å²) in [6.07, 6.45) is 11.8. The fourth-order valence-electron chi connectivity index (χ4n) is 1.64. The Kier molecular flexibility index (Phi) is 5.66. The molecule has 0 N–H and O–H groups in total. The van der Waals surface area contributed by atoms with E-state index in [9.17, 15) is 0 Å². The maximum Gasteiger partial charge on any atom is 0.157 e. The first kappa shape index (κ1) is 11.6. The molecule has 2 heteroatoms. The fraction of sp³-hybridized carbons (Fsp3) is 0.833. The van der Waals surface area contributed by atoms with Crippen LogP contribution in [0.2, 0.25) is 0 Å². The Bertz CT molecular complexity index is 177. The summed E-state index contributed by atoms with van der Waals surface area (Å²) < 4.78 is 11.2. The summed E-state index contributed by atoms with van der Waals surface area (Å²) in [5.74, 6) is 2.64. The van der Waals surface area contributed by atoms with Crippen LogP contribution in [0.4, 0.5) is 0 Å². The molecule has 1 saturated heterocycles. The molecule has 0 spiro atoms. The highest BCUT2D eigenvalue weighted by atomic mass is 16.7. The van der Waals surface area contributed by atoms with E-state index in [4.69, 9.17) is 15.9 Å². The van der Waals surface area contributed by atoms with Crippen molar-refractivity contribution in [3.8, 4) is 12.3 Å². The molecule has 1 aliphatic heterocycles. The monoisotopic (exact) mass is 196 g/mol. The average Bonchev–Trinajstić information content (AvgIpc) is 2.20. The topological polar surface area (TPSA) is 18.5 Å². The van der Waals surface area contributed by atoms with E-state index >= 15 is 0 Å². The van der Waals surface area contributed by atoms with Gasteiger partial charge in [-0.2, -0.15) is 0 Å². The second kappa shape index (κ2) is 6.86. The van der Waals surface area contributed by atoms with Crippen molar-refractivity contribution in [1.82, 2.24) is 0 Å². The van der Waals surface area contributed by atoms with Crippen molar-refractivity contribution in [3.63, 3.8) is 0 Å². The molecule has 80 valence electrons. The van der Waals surface area contributed by atoms with E-state index in [-0.39, 0.29) is 12.4 Å². The first-order valence-electron chi connectivity index (χ1n) is 5.53. The van der Waals surface area contributed by atoms with Gasteiger partial charge < -0.3 is 9.47 Å². The molecule has 0 aromatic heterocycles. The number of hydrogen-bond donors (Lipinski definition) is 0. The number of terminal acetylenes is 1. The van der Waals surface area contributed by atoms with Gasteiger partial charge in [0, 0.05) is 13.0 Å². The van der Waals surface area contributed by atoms with E-state index in [1.54, 1.807) is 0 Å². The third-order valence-corrected chi connectivity index (χ3v) is 2.45. The molecular weight excluding hydrogens is 176 g/mol. The van der Waals surface area contributed by atoms with Crippen LogP contribution in [-0.2, 0) is 9.47 Å². The van der Waals surface area contributed by atoms with Gasteiger partial charge in [0.15, 0.2) is 6.29 Å². The van der Waals surface area contributed by atoms with Gasteiger partial charge in [0.1, 0.15) is 0 Å². The zero-order valence-corrected chi connectivity index (χ0v) is 9.00. The van der Waals surface area contributed by atoms with Crippen LogP contribution in [-0.4, -0.2) is 19.0 Å². The zero-order chi connectivity index (χ0) is 10.2. The lowest BCUT2D eigenvalue weighted by molar-refractivity contribution is -0.185. The SMILES string of the molecule is C#CCCCC(C)OC1CCCCO1. The predicted octanol–water partition coefficient (Wildman–Crippen LogP) is 2.72. The number of unbranched alkanes of at least 4 members (excludes halogenated alkanes) is 1. The number of ether oxygens (including phenoxy) is 2. The smallest absolute Gasteiger partial charge is 0.157 e. The first-order chi connectivity index (χ1) is 6.83. The third-order valence-electron chi connectivity index (χ3n) is 2.45. The van der Waals surface area contributed by atoms with Crippen LogP contribution in [0.3, 0.4) is 0 Å². The van der Waals surface area contributed by atoms with Crippen molar-refractivity contribution in [2.75, 3.05) is 6.61 Å². The minimum absolute atomic E-state index is 0.0320. The van der Waals surface area contributed by atoms with Gasteiger partial charge in [0.25, 0.3) is 0 Å². The molecule has 0 aromatic rings. The summed E-state index contributed by atoms with van der Waals surface area (Å²) in [4.78, 5) is 0. The van der Waals surface area contributed by atoms with Gasteiger partial charge >= 0.3 is 0 Å². The van der Waals surface area contributed by atoms with Crippen LogP contribution in [0.1, 0.15) is 45.4 Å². The Hall–Kier alpha value is -0.520. The lowest BCUT2D eigenvalue weighted by Gasteiger charge is -2.25.